The van der Waals surface area contributed by atoms with Gasteiger partial charge in [-0.2, -0.15) is 0 Å². The highest BCUT2D eigenvalue weighted by atomic mass is 32.1. The first-order valence-electron chi connectivity index (χ1n) is 12.8. The second-order valence-corrected chi connectivity index (χ2v) is 12.7. The summed E-state index contributed by atoms with van der Waals surface area (Å²) in [6.07, 6.45) is 5.83. The Labute approximate surface area is 232 Å². The number of aliphatic hydroxyl groups is 1. The summed E-state index contributed by atoms with van der Waals surface area (Å²) >= 11 is 3.13. The van der Waals surface area contributed by atoms with Gasteiger partial charge >= 0.3 is 0 Å². The van der Waals surface area contributed by atoms with Gasteiger partial charge in [0.1, 0.15) is 5.82 Å². The maximum atomic E-state index is 14.7. The molecule has 9 rings (SSSR count). The maximum Gasteiger partial charge on any atom is 0.256 e. The number of hydrogen-bond acceptors (Lipinski definition) is 10. The largest absolute Gasteiger partial charge is 0.392 e. The second-order valence-electron chi connectivity index (χ2n) is 10.7. The summed E-state index contributed by atoms with van der Waals surface area (Å²) in [6, 6.07) is 4.94. The van der Waals surface area contributed by atoms with Crippen molar-refractivity contribution in [1.82, 2.24) is 24.8 Å². The SMILES string of the molecule is Cc1nc(C)c(-c2csc(Nc3ccc(C(=O)N4C56CC[C@@]4(CN(c4ncc(CO)cc4F)C5)C6)cn3)n2)s1. The van der Waals surface area contributed by atoms with Crippen molar-refractivity contribution >= 4 is 45.3 Å². The van der Waals surface area contributed by atoms with Crippen molar-refractivity contribution in [3.63, 3.8) is 0 Å². The zero-order valence-electron chi connectivity index (χ0n) is 21.4. The van der Waals surface area contributed by atoms with E-state index in [0.717, 1.165) is 45.7 Å². The van der Waals surface area contributed by atoms with Gasteiger partial charge in [0.25, 0.3) is 5.91 Å². The Kier molecular flexibility index (Phi) is 5.52. The van der Waals surface area contributed by atoms with E-state index in [0.29, 0.717) is 30.0 Å². The standard InChI is InChI=1S/C27H26FN7O2S2/c1-15-22(39-16(2)31-15)20-11-38-25(32-20)33-21-4-3-18(9-29-21)24(37)35-26-5-6-27(35,12-26)14-34(13-26)23-19(28)7-17(10-36)8-30-23/h3-4,7-9,11,36H,5-6,10,12-14H2,1-2H3,(H,29,32,33)/t26-,27?/m0/s1. The molecule has 9 nitrogen and oxygen atoms in total. The molecule has 39 heavy (non-hydrogen) atoms. The van der Waals surface area contributed by atoms with Crippen LogP contribution in [0, 0.1) is 19.7 Å². The Morgan fingerprint density at radius 2 is 1.95 bits per heavy atom. The van der Waals surface area contributed by atoms with Crippen LogP contribution >= 0.6 is 22.7 Å². The third-order valence-corrected chi connectivity index (χ3v) is 9.94. The molecule has 4 aliphatic heterocycles. The minimum absolute atomic E-state index is 0.0333. The van der Waals surface area contributed by atoms with Gasteiger partial charge in [-0.15, -0.1) is 22.7 Å². The van der Waals surface area contributed by atoms with Crippen molar-refractivity contribution in [1.29, 1.82) is 0 Å². The van der Waals surface area contributed by atoms with E-state index in [1.807, 2.05) is 29.0 Å². The average molecular weight is 564 g/mol. The lowest BCUT2D eigenvalue weighted by molar-refractivity contribution is -0.0708. The number of carbonyl (C=O) groups is 1. The van der Waals surface area contributed by atoms with Gasteiger partial charge in [-0.1, -0.05) is 0 Å². The number of aromatic nitrogens is 4. The number of aryl methyl sites for hydroxylation is 2. The minimum Gasteiger partial charge on any atom is -0.392 e. The molecule has 200 valence electrons. The number of anilines is 3. The number of nitrogens with zero attached hydrogens (tertiary/aromatic N) is 6. The molecular weight excluding hydrogens is 537 g/mol. The van der Waals surface area contributed by atoms with E-state index in [1.54, 1.807) is 29.7 Å². The maximum absolute atomic E-state index is 14.7. The highest BCUT2D eigenvalue weighted by molar-refractivity contribution is 7.16. The molecule has 1 unspecified atom stereocenters. The smallest absolute Gasteiger partial charge is 0.256 e. The van der Waals surface area contributed by atoms with E-state index < -0.39 is 5.82 Å². The molecule has 4 saturated heterocycles. The van der Waals surface area contributed by atoms with Gasteiger partial charge in [0.15, 0.2) is 16.8 Å². The second kappa shape index (κ2) is 8.77. The zero-order chi connectivity index (χ0) is 26.9. The number of nitrogens with one attached hydrogen (secondary N) is 1. The molecule has 12 heteroatoms. The molecule has 0 spiro atoms. The van der Waals surface area contributed by atoms with E-state index in [9.17, 15) is 14.3 Å². The fraction of sp³-hybridized carbons (Fsp3) is 0.370. The van der Waals surface area contributed by atoms with Crippen LogP contribution in [0.25, 0.3) is 10.6 Å². The summed E-state index contributed by atoms with van der Waals surface area (Å²) in [7, 11) is 0. The molecule has 1 amide bonds. The molecule has 5 fully saturated rings. The highest BCUT2D eigenvalue weighted by Gasteiger charge is 2.72. The van der Waals surface area contributed by atoms with Crippen LogP contribution in [-0.4, -0.2) is 60.0 Å². The van der Waals surface area contributed by atoms with E-state index in [-0.39, 0.29) is 29.4 Å². The number of halogens is 1. The summed E-state index contributed by atoms with van der Waals surface area (Å²) in [5.74, 6) is 0.434. The summed E-state index contributed by atoms with van der Waals surface area (Å²) in [4.78, 5) is 36.7. The average Bonchev–Trinajstić information content (AvgIpc) is 3.65. The number of hydrogen-bond donors (Lipinski definition) is 2. The van der Waals surface area contributed by atoms with Crippen molar-refractivity contribution < 1.29 is 14.3 Å². The molecular formula is C27H26FN7O2S2. The number of rotatable bonds is 6. The number of carbonyl (C=O) groups excluding carboxylic acids is 1. The van der Waals surface area contributed by atoms with Gasteiger partial charge in [-0.3, -0.25) is 4.79 Å². The predicted octanol–water partition coefficient (Wildman–Crippen LogP) is 4.69. The van der Waals surface area contributed by atoms with Crippen LogP contribution in [0.15, 0.2) is 36.0 Å². The first-order valence-corrected chi connectivity index (χ1v) is 14.5. The number of aliphatic hydroxyl groups excluding tert-OH is 1. The van der Waals surface area contributed by atoms with Crippen LogP contribution in [-0.2, 0) is 6.61 Å². The van der Waals surface area contributed by atoms with Gasteiger partial charge in [-0.25, -0.2) is 24.3 Å². The number of thiazole rings is 2. The predicted molar refractivity (Wildman–Crippen MR) is 148 cm³/mol. The van der Waals surface area contributed by atoms with Crippen molar-refractivity contribution in [3.05, 3.63) is 63.6 Å². The van der Waals surface area contributed by atoms with Gasteiger partial charge < -0.3 is 20.2 Å². The zero-order valence-corrected chi connectivity index (χ0v) is 23.1. The van der Waals surface area contributed by atoms with Gasteiger partial charge in [0, 0.05) is 30.9 Å². The molecule has 2 N–H and O–H groups in total. The lowest BCUT2D eigenvalue weighted by Crippen LogP contribution is -2.79. The van der Waals surface area contributed by atoms with Gasteiger partial charge in [0.2, 0.25) is 0 Å². The number of pyridine rings is 2. The lowest BCUT2D eigenvalue weighted by Gasteiger charge is -2.65. The Morgan fingerprint density at radius 1 is 1.15 bits per heavy atom. The highest BCUT2D eigenvalue weighted by Crippen LogP contribution is 2.62. The summed E-state index contributed by atoms with van der Waals surface area (Å²) in [5, 5.41) is 16.3. The normalized spacial score (nSPS) is 23.2. The fourth-order valence-corrected chi connectivity index (χ4v) is 8.30. The number of piperazine rings is 1. The molecule has 0 aromatic carbocycles. The molecule has 2 atom stereocenters. The van der Waals surface area contributed by atoms with E-state index >= 15 is 0 Å². The van der Waals surface area contributed by atoms with Crippen LogP contribution in [0.2, 0.25) is 0 Å². The molecule has 8 heterocycles. The monoisotopic (exact) mass is 563 g/mol. The van der Waals surface area contributed by atoms with E-state index in [4.69, 9.17) is 0 Å². The van der Waals surface area contributed by atoms with Crippen LogP contribution in [0.4, 0.5) is 21.2 Å². The van der Waals surface area contributed by atoms with Crippen LogP contribution in [0.1, 0.15) is 45.9 Å². The lowest BCUT2D eigenvalue weighted by atomic mass is 9.72. The third kappa shape index (κ3) is 3.84. The number of amides is 1. The van der Waals surface area contributed by atoms with Crippen molar-refractivity contribution in [2.75, 3.05) is 23.3 Å². The number of fused-ring (bicyclic) bond motifs is 3. The van der Waals surface area contributed by atoms with Gasteiger partial charge in [0.05, 0.1) is 44.5 Å². The van der Waals surface area contributed by atoms with Crippen LogP contribution in [0.3, 0.4) is 0 Å². The van der Waals surface area contributed by atoms with Crippen molar-refractivity contribution in [2.24, 2.45) is 0 Å². The molecule has 5 aliphatic rings. The molecule has 2 bridgehead atoms. The molecule has 4 aromatic heterocycles. The summed E-state index contributed by atoms with van der Waals surface area (Å²) in [6.45, 7) is 4.81. The van der Waals surface area contributed by atoms with E-state index in [1.165, 1.54) is 23.6 Å². The third-order valence-electron chi connectivity index (χ3n) is 8.08. The van der Waals surface area contributed by atoms with Crippen LogP contribution in [0.5, 0.6) is 0 Å². The fourth-order valence-electron chi connectivity index (χ4n) is 6.63. The summed E-state index contributed by atoms with van der Waals surface area (Å²) < 4.78 is 14.7. The Bertz CT molecular complexity index is 1590. The quantitative estimate of drug-likeness (QED) is 0.348. The Balaban J connectivity index is 1.06. The first-order chi connectivity index (χ1) is 18.8. The molecule has 1 aliphatic carbocycles. The van der Waals surface area contributed by atoms with E-state index in [2.05, 4.69) is 25.3 Å². The molecule has 1 saturated carbocycles. The van der Waals surface area contributed by atoms with Crippen molar-refractivity contribution in [3.8, 4) is 10.6 Å². The minimum atomic E-state index is -0.440. The topological polar surface area (TPSA) is 107 Å². The summed E-state index contributed by atoms with van der Waals surface area (Å²) in [5.41, 5.74) is 2.21. The van der Waals surface area contributed by atoms with Gasteiger partial charge in [-0.05, 0) is 56.9 Å². The number of piperidine rings is 1. The Morgan fingerprint density at radius 3 is 2.59 bits per heavy atom. The molecule has 4 aromatic rings. The Hall–Kier alpha value is -3.48. The van der Waals surface area contributed by atoms with Crippen molar-refractivity contribution in [2.45, 2.75) is 50.8 Å². The molecule has 0 radical (unpaired) electrons. The van der Waals surface area contributed by atoms with Crippen LogP contribution < -0.4 is 10.2 Å². The first kappa shape index (κ1) is 24.6.